The number of fused-ring (bicyclic) bond motifs is 13. The molecule has 77 heavy (non-hydrogen) atoms. The Morgan fingerprint density at radius 1 is 0.260 bits per heavy atom. The maximum absolute atomic E-state index is 2.48. The molecule has 0 fully saturated rings. The van der Waals surface area contributed by atoms with E-state index in [1.54, 1.807) is 0 Å². The van der Waals surface area contributed by atoms with Gasteiger partial charge in [0.2, 0.25) is 0 Å². The van der Waals surface area contributed by atoms with Gasteiger partial charge in [-0.05, 0) is 160 Å². The summed E-state index contributed by atoms with van der Waals surface area (Å²) in [7, 11) is 0. The first-order valence-electron chi connectivity index (χ1n) is 26.6. The van der Waals surface area contributed by atoms with E-state index in [-0.39, 0.29) is 0 Å². The lowest BCUT2D eigenvalue weighted by Gasteiger charge is -2.28. The van der Waals surface area contributed by atoms with E-state index in [2.05, 4.69) is 298 Å². The Balaban J connectivity index is 0.826. The fraction of sp³-hybridized carbons (Fsp3) is 0.0137. The molecule has 3 heterocycles. The highest BCUT2D eigenvalue weighted by atomic mass is 15.1. The van der Waals surface area contributed by atoms with E-state index < -0.39 is 0 Å². The van der Waals surface area contributed by atoms with Crippen molar-refractivity contribution in [3.63, 3.8) is 0 Å². The first kappa shape index (κ1) is 43.3. The molecule has 0 radical (unpaired) electrons. The lowest BCUT2D eigenvalue weighted by atomic mass is 10.00. The third-order valence-corrected chi connectivity index (χ3v) is 16.3. The maximum Gasteiger partial charge on any atom is 0.0544 e. The SMILES string of the molecule is c1ccc(-n2c3ccccc3c3cc(-c4ccc(N(c5ccc(-c6ccc7c(c6)c6ccccc6n7-c6ccccc6)cc5)c5cccc6c5Cc5c-6ccc6c5c5ccccc5n6-c5ccccc5)cc4)ccc32)cc1. The van der Waals surface area contributed by atoms with Gasteiger partial charge in [0.1, 0.15) is 0 Å². The van der Waals surface area contributed by atoms with Crippen LogP contribution in [0.3, 0.4) is 0 Å². The molecule has 0 N–H and O–H groups in total. The standard InChI is InChI=1S/C73H48N4/c1-4-17-52(18-5-1)75-66-27-13-10-23-59(66)62-45-50(35-42-70(62)75)48-31-37-55(38-32-48)74(56-39-33-49(34-40-56)51-36-43-71-63(46-51)60-24-11-14-28-67(60)76(71)53-19-6-2-7-20-53)69-30-16-26-57-58-41-44-72-73(65(58)47-64(57)69)61-25-12-15-29-68(61)77(72)54-21-8-3-9-22-54/h1-46H,47H2. The molecule has 0 bridgehead atoms. The lowest BCUT2D eigenvalue weighted by Crippen LogP contribution is -2.12. The largest absolute Gasteiger partial charge is 0.310 e. The normalized spacial score (nSPS) is 12.1. The molecule has 360 valence electrons. The van der Waals surface area contributed by atoms with Crippen molar-refractivity contribution in [2.45, 2.75) is 6.42 Å². The molecule has 4 heteroatoms. The number of hydrogen-bond donors (Lipinski definition) is 0. The van der Waals surface area contributed by atoms with Crippen LogP contribution in [0, 0.1) is 0 Å². The molecule has 1 aliphatic rings. The Morgan fingerprint density at radius 3 is 1.16 bits per heavy atom. The van der Waals surface area contributed by atoms with Crippen LogP contribution in [0.1, 0.15) is 11.1 Å². The van der Waals surface area contributed by atoms with Gasteiger partial charge >= 0.3 is 0 Å². The molecule has 3 aromatic heterocycles. The molecule has 0 aliphatic heterocycles. The predicted molar refractivity (Wildman–Crippen MR) is 323 cm³/mol. The summed E-state index contributed by atoms with van der Waals surface area (Å²) in [6.45, 7) is 0. The van der Waals surface area contributed by atoms with Crippen LogP contribution < -0.4 is 4.90 Å². The minimum atomic E-state index is 0.820. The summed E-state index contributed by atoms with van der Waals surface area (Å²) in [5.74, 6) is 0. The van der Waals surface area contributed by atoms with Gasteiger partial charge in [0.05, 0.1) is 38.8 Å². The number of anilines is 3. The molecule has 0 unspecified atom stereocenters. The average Bonchev–Trinajstić information content (AvgIpc) is 4.30. The zero-order chi connectivity index (χ0) is 50.6. The van der Waals surface area contributed by atoms with Gasteiger partial charge in [0, 0.05) is 67.2 Å². The van der Waals surface area contributed by atoms with Gasteiger partial charge in [-0.3, -0.25) is 0 Å². The third kappa shape index (κ3) is 6.72. The molecular weight excluding hydrogens is 933 g/mol. The van der Waals surface area contributed by atoms with Crippen LogP contribution in [0.5, 0.6) is 0 Å². The Labute approximate surface area is 445 Å². The Bertz CT molecular complexity index is 4590. The minimum Gasteiger partial charge on any atom is -0.310 e. The summed E-state index contributed by atoms with van der Waals surface area (Å²) in [4.78, 5) is 2.48. The smallest absolute Gasteiger partial charge is 0.0544 e. The monoisotopic (exact) mass is 980 g/mol. The molecule has 0 amide bonds. The molecule has 0 atom stereocenters. The van der Waals surface area contributed by atoms with Crippen LogP contribution in [-0.2, 0) is 6.42 Å². The van der Waals surface area contributed by atoms with Crippen molar-refractivity contribution in [2.75, 3.05) is 4.90 Å². The quantitative estimate of drug-likeness (QED) is 0.148. The summed E-state index contributed by atoms with van der Waals surface area (Å²) in [5.41, 5.74) is 24.2. The van der Waals surface area contributed by atoms with E-state index >= 15 is 0 Å². The van der Waals surface area contributed by atoms with Gasteiger partial charge < -0.3 is 18.6 Å². The fourth-order valence-corrected chi connectivity index (χ4v) is 12.9. The zero-order valence-corrected chi connectivity index (χ0v) is 42.1. The fourth-order valence-electron chi connectivity index (χ4n) is 12.9. The van der Waals surface area contributed by atoms with Crippen molar-refractivity contribution in [1.82, 2.24) is 13.7 Å². The number of aromatic nitrogens is 3. The van der Waals surface area contributed by atoms with E-state index in [0.717, 1.165) is 29.2 Å². The van der Waals surface area contributed by atoms with Crippen LogP contribution >= 0.6 is 0 Å². The van der Waals surface area contributed by atoms with Crippen LogP contribution in [0.15, 0.2) is 279 Å². The summed E-state index contributed by atoms with van der Waals surface area (Å²) < 4.78 is 7.20. The minimum absolute atomic E-state index is 0.820. The van der Waals surface area contributed by atoms with Crippen molar-refractivity contribution >= 4 is 82.5 Å². The molecule has 16 rings (SSSR count). The second-order valence-corrected chi connectivity index (χ2v) is 20.4. The molecule has 0 saturated carbocycles. The van der Waals surface area contributed by atoms with Gasteiger partial charge in [-0.1, -0.05) is 164 Å². The van der Waals surface area contributed by atoms with Crippen molar-refractivity contribution in [1.29, 1.82) is 0 Å². The third-order valence-electron chi connectivity index (χ3n) is 16.3. The van der Waals surface area contributed by atoms with Crippen LogP contribution in [-0.4, -0.2) is 13.7 Å². The Hall–Kier alpha value is -10.2. The van der Waals surface area contributed by atoms with Crippen molar-refractivity contribution < 1.29 is 0 Å². The van der Waals surface area contributed by atoms with E-state index in [1.165, 1.54) is 121 Å². The van der Waals surface area contributed by atoms with E-state index in [4.69, 9.17) is 0 Å². The summed E-state index contributed by atoms with van der Waals surface area (Å²) in [6, 6.07) is 103. The number of benzene rings is 12. The van der Waals surface area contributed by atoms with Gasteiger partial charge in [-0.15, -0.1) is 0 Å². The average molecular weight is 981 g/mol. The van der Waals surface area contributed by atoms with Gasteiger partial charge in [0.25, 0.3) is 0 Å². The first-order valence-corrected chi connectivity index (χ1v) is 26.6. The maximum atomic E-state index is 2.48. The summed E-state index contributed by atoms with van der Waals surface area (Å²) >= 11 is 0. The van der Waals surface area contributed by atoms with Crippen LogP contribution in [0.2, 0.25) is 0 Å². The highest BCUT2D eigenvalue weighted by molar-refractivity contribution is 6.15. The predicted octanol–water partition coefficient (Wildman–Crippen LogP) is 19.4. The molecular formula is C73H48N4. The number of nitrogens with zero attached hydrogens (tertiary/aromatic N) is 4. The molecule has 4 nitrogen and oxygen atoms in total. The molecule has 0 saturated heterocycles. The van der Waals surface area contributed by atoms with Gasteiger partial charge in [0.15, 0.2) is 0 Å². The van der Waals surface area contributed by atoms with Crippen molar-refractivity contribution in [3.05, 3.63) is 290 Å². The van der Waals surface area contributed by atoms with Gasteiger partial charge in [-0.25, -0.2) is 0 Å². The topological polar surface area (TPSA) is 18.0 Å². The second-order valence-electron chi connectivity index (χ2n) is 20.4. The number of rotatable bonds is 8. The van der Waals surface area contributed by atoms with E-state index in [9.17, 15) is 0 Å². The van der Waals surface area contributed by atoms with Gasteiger partial charge in [-0.2, -0.15) is 0 Å². The molecule has 12 aromatic carbocycles. The molecule has 1 aliphatic carbocycles. The Kier molecular flexibility index (Phi) is 9.67. The molecule has 0 spiro atoms. The summed E-state index contributed by atoms with van der Waals surface area (Å²) in [6.07, 6.45) is 0.820. The highest BCUT2D eigenvalue weighted by Gasteiger charge is 2.29. The second kappa shape index (κ2) is 17.2. The molecule has 15 aromatic rings. The Morgan fingerprint density at radius 2 is 0.649 bits per heavy atom. The van der Waals surface area contributed by atoms with E-state index in [1.807, 2.05) is 0 Å². The first-order chi connectivity index (χ1) is 38.2. The van der Waals surface area contributed by atoms with Crippen molar-refractivity contribution in [3.8, 4) is 50.4 Å². The number of hydrogen-bond acceptors (Lipinski definition) is 1. The number of para-hydroxylation sites is 6. The van der Waals surface area contributed by atoms with Crippen molar-refractivity contribution in [2.24, 2.45) is 0 Å². The van der Waals surface area contributed by atoms with Crippen LogP contribution in [0.25, 0.3) is 116 Å². The highest BCUT2D eigenvalue weighted by Crippen LogP contribution is 2.50. The summed E-state index contributed by atoms with van der Waals surface area (Å²) in [5, 5.41) is 7.60. The van der Waals surface area contributed by atoms with Crippen LogP contribution in [0.4, 0.5) is 17.1 Å². The van der Waals surface area contributed by atoms with E-state index in [0.29, 0.717) is 0 Å². The lowest BCUT2D eigenvalue weighted by molar-refractivity contribution is 1.18. The zero-order valence-electron chi connectivity index (χ0n) is 42.1.